The van der Waals surface area contributed by atoms with Gasteiger partial charge in [-0.25, -0.2) is 5.84 Å². The van der Waals surface area contributed by atoms with E-state index >= 15 is 0 Å². The second-order valence-electron chi connectivity index (χ2n) is 1.17. The normalized spacial score (nSPS) is 7.25. The van der Waals surface area contributed by atoms with Crippen molar-refractivity contribution in [2.45, 2.75) is 6.92 Å². The number of rotatable bonds is 1. The van der Waals surface area contributed by atoms with Crippen molar-refractivity contribution in [1.82, 2.24) is 5.01 Å². The van der Waals surface area contributed by atoms with Crippen LogP contribution in [0.25, 0.3) is 0 Å². The summed E-state index contributed by atoms with van der Waals surface area (Å²) >= 11 is 0. The van der Waals surface area contributed by atoms with E-state index in [0.717, 1.165) is 5.01 Å². The Labute approximate surface area is 54.7 Å². The van der Waals surface area contributed by atoms with Crippen molar-refractivity contribution < 1.29 is 0 Å². The van der Waals surface area contributed by atoms with E-state index in [4.69, 9.17) is 17.0 Å². The zero-order chi connectivity index (χ0) is 5.86. The van der Waals surface area contributed by atoms with E-state index in [2.05, 4.69) is 0 Å². The van der Waals surface area contributed by atoms with Gasteiger partial charge in [0, 0.05) is 6.54 Å². The SMILES string of the molecule is CCN(N)C(=N)N.Cl. The molecule has 4 nitrogen and oxygen atoms in total. The number of hydrazine groups is 1. The molecule has 0 aromatic heterocycles. The number of nitrogens with zero attached hydrogens (tertiary/aromatic N) is 1. The number of nitrogens with two attached hydrogens (primary N) is 2. The second-order valence-corrected chi connectivity index (χ2v) is 1.17. The minimum Gasteiger partial charge on any atom is -0.369 e. The predicted molar refractivity (Wildman–Crippen MR) is 35.7 cm³/mol. The number of hydrogen-bond donors (Lipinski definition) is 3. The Hall–Kier alpha value is -0.480. The molecular formula is C3H11ClN4. The molecular weight excluding hydrogens is 128 g/mol. The van der Waals surface area contributed by atoms with Gasteiger partial charge in [0.15, 0.2) is 0 Å². The van der Waals surface area contributed by atoms with Gasteiger partial charge in [-0.2, -0.15) is 0 Å². The van der Waals surface area contributed by atoms with Crippen molar-refractivity contribution in [3.05, 3.63) is 0 Å². The molecule has 0 heterocycles. The Morgan fingerprint density at radius 2 is 2.12 bits per heavy atom. The molecule has 0 fully saturated rings. The lowest BCUT2D eigenvalue weighted by Crippen LogP contribution is -2.41. The minimum absolute atomic E-state index is 0. The van der Waals surface area contributed by atoms with Gasteiger partial charge >= 0.3 is 0 Å². The Kier molecular flexibility index (Phi) is 6.13. The third-order valence-corrected chi connectivity index (χ3v) is 0.650. The van der Waals surface area contributed by atoms with E-state index in [-0.39, 0.29) is 18.4 Å². The van der Waals surface area contributed by atoms with Crippen LogP contribution in [-0.4, -0.2) is 17.5 Å². The van der Waals surface area contributed by atoms with Gasteiger partial charge in [0.1, 0.15) is 0 Å². The highest BCUT2D eigenvalue weighted by Crippen LogP contribution is 1.67. The van der Waals surface area contributed by atoms with Crippen molar-refractivity contribution in [3.8, 4) is 0 Å². The fourth-order valence-electron chi connectivity index (χ4n) is 0.170. The average molecular weight is 139 g/mol. The minimum atomic E-state index is -0.0949. The van der Waals surface area contributed by atoms with Crippen molar-refractivity contribution in [1.29, 1.82) is 5.41 Å². The van der Waals surface area contributed by atoms with Crippen LogP contribution in [0.5, 0.6) is 0 Å². The summed E-state index contributed by atoms with van der Waals surface area (Å²) in [6.07, 6.45) is 0. The maximum Gasteiger partial charge on any atom is 0.202 e. The van der Waals surface area contributed by atoms with Crippen LogP contribution in [0.2, 0.25) is 0 Å². The Balaban J connectivity index is 0. The fourth-order valence-corrected chi connectivity index (χ4v) is 0.170. The van der Waals surface area contributed by atoms with Gasteiger partial charge in [-0.15, -0.1) is 12.4 Å². The molecule has 0 spiro atoms. The molecule has 8 heavy (non-hydrogen) atoms. The Bertz CT molecular complexity index is 73.7. The van der Waals surface area contributed by atoms with E-state index < -0.39 is 0 Å². The first kappa shape index (κ1) is 10.5. The summed E-state index contributed by atoms with van der Waals surface area (Å²) in [6, 6.07) is 0. The molecule has 0 aliphatic carbocycles. The van der Waals surface area contributed by atoms with Crippen LogP contribution < -0.4 is 11.6 Å². The molecule has 0 radical (unpaired) electrons. The standard InChI is InChI=1S/C3H10N4.ClH/c1-2-7(6)3(4)5;/h2,6H2,1H3,(H3,4,5);1H. The summed E-state index contributed by atoms with van der Waals surface area (Å²) in [5.74, 6) is 5.00. The molecule has 0 saturated heterocycles. The highest BCUT2D eigenvalue weighted by atomic mass is 35.5. The summed E-state index contributed by atoms with van der Waals surface area (Å²) < 4.78 is 0. The number of nitrogens with one attached hydrogen (secondary N) is 1. The molecule has 0 atom stereocenters. The molecule has 0 aromatic rings. The largest absolute Gasteiger partial charge is 0.369 e. The van der Waals surface area contributed by atoms with Crippen molar-refractivity contribution in [3.63, 3.8) is 0 Å². The van der Waals surface area contributed by atoms with E-state index in [9.17, 15) is 0 Å². The highest BCUT2D eigenvalue weighted by Gasteiger charge is 1.90. The summed E-state index contributed by atoms with van der Waals surface area (Å²) in [5, 5.41) is 7.83. The molecule has 0 amide bonds. The molecule has 0 bridgehead atoms. The predicted octanol–water partition coefficient (Wildman–Crippen LogP) is -0.503. The lowest BCUT2D eigenvalue weighted by Gasteiger charge is -2.11. The Morgan fingerprint density at radius 3 is 2.12 bits per heavy atom. The van der Waals surface area contributed by atoms with E-state index in [0.29, 0.717) is 6.54 Å². The van der Waals surface area contributed by atoms with Gasteiger partial charge in [0.25, 0.3) is 0 Å². The van der Waals surface area contributed by atoms with Gasteiger partial charge in [0.05, 0.1) is 0 Å². The van der Waals surface area contributed by atoms with Crippen molar-refractivity contribution >= 4 is 18.4 Å². The summed E-state index contributed by atoms with van der Waals surface area (Å²) in [5.41, 5.74) is 4.93. The lowest BCUT2D eigenvalue weighted by atomic mass is 10.7. The van der Waals surface area contributed by atoms with Crippen LogP contribution in [0.3, 0.4) is 0 Å². The fraction of sp³-hybridized carbons (Fsp3) is 0.667. The van der Waals surface area contributed by atoms with E-state index in [1.54, 1.807) is 0 Å². The molecule has 0 unspecified atom stereocenters. The number of halogens is 1. The van der Waals surface area contributed by atoms with Crippen LogP contribution in [0.4, 0.5) is 0 Å². The first-order valence-corrected chi connectivity index (χ1v) is 2.04. The first-order chi connectivity index (χ1) is 3.18. The molecule has 5 heteroatoms. The maximum absolute atomic E-state index is 6.68. The molecule has 0 aliphatic heterocycles. The van der Waals surface area contributed by atoms with Gasteiger partial charge in [-0.1, -0.05) is 0 Å². The maximum atomic E-state index is 6.68. The topological polar surface area (TPSA) is 79.1 Å². The quantitative estimate of drug-likeness (QED) is 0.198. The number of hydrogen-bond acceptors (Lipinski definition) is 2. The monoisotopic (exact) mass is 138 g/mol. The third-order valence-electron chi connectivity index (χ3n) is 0.650. The van der Waals surface area contributed by atoms with Crippen LogP contribution >= 0.6 is 12.4 Å². The smallest absolute Gasteiger partial charge is 0.202 e. The van der Waals surface area contributed by atoms with Gasteiger partial charge in [0.2, 0.25) is 5.96 Å². The van der Waals surface area contributed by atoms with Gasteiger partial charge in [-0.05, 0) is 6.92 Å². The summed E-state index contributed by atoms with van der Waals surface area (Å²) in [4.78, 5) is 0. The second kappa shape index (κ2) is 4.67. The van der Waals surface area contributed by atoms with Crippen molar-refractivity contribution in [2.75, 3.05) is 6.54 Å². The van der Waals surface area contributed by atoms with Gasteiger partial charge < -0.3 is 5.73 Å². The van der Waals surface area contributed by atoms with Crippen LogP contribution in [0, 0.1) is 5.41 Å². The molecule has 0 aromatic carbocycles. The summed E-state index contributed by atoms with van der Waals surface area (Å²) in [6.45, 7) is 2.40. The van der Waals surface area contributed by atoms with Gasteiger partial charge in [-0.3, -0.25) is 10.4 Å². The average Bonchev–Trinajstić information content (AvgIpc) is 1.65. The van der Waals surface area contributed by atoms with Crippen LogP contribution in [0.1, 0.15) is 6.92 Å². The molecule has 5 N–H and O–H groups in total. The van der Waals surface area contributed by atoms with E-state index in [1.807, 2.05) is 6.92 Å². The molecule has 0 rings (SSSR count). The Morgan fingerprint density at radius 1 is 1.75 bits per heavy atom. The lowest BCUT2D eigenvalue weighted by molar-refractivity contribution is 0.457. The molecule has 0 saturated carbocycles. The third kappa shape index (κ3) is 3.70. The van der Waals surface area contributed by atoms with Crippen LogP contribution in [-0.2, 0) is 0 Å². The van der Waals surface area contributed by atoms with Crippen LogP contribution in [0.15, 0.2) is 0 Å². The zero-order valence-electron chi connectivity index (χ0n) is 4.72. The molecule has 0 aliphatic rings. The zero-order valence-corrected chi connectivity index (χ0v) is 5.53. The van der Waals surface area contributed by atoms with E-state index in [1.165, 1.54) is 0 Å². The highest BCUT2D eigenvalue weighted by molar-refractivity contribution is 5.85. The summed E-state index contributed by atoms with van der Waals surface area (Å²) in [7, 11) is 0. The first-order valence-electron chi connectivity index (χ1n) is 2.04. The number of guanidine groups is 1. The molecule has 50 valence electrons. The van der Waals surface area contributed by atoms with Crippen molar-refractivity contribution in [2.24, 2.45) is 11.6 Å².